The van der Waals surface area contributed by atoms with Gasteiger partial charge in [-0.05, 0) is 11.1 Å². The molecule has 6 nitrogen and oxygen atoms in total. The molecule has 0 heterocycles. The molecule has 0 aliphatic carbocycles. The Bertz CT molecular complexity index is 465. The highest BCUT2D eigenvalue weighted by atomic mass is 32.2. The molecule has 0 amide bonds. The zero-order chi connectivity index (χ0) is 11.3. The van der Waals surface area contributed by atoms with Gasteiger partial charge in [0.05, 0.1) is 7.11 Å². The second-order valence-electron chi connectivity index (χ2n) is 2.63. The van der Waals surface area contributed by atoms with Gasteiger partial charge < -0.3 is 0 Å². The average molecular weight is 227 g/mol. The fourth-order valence-electron chi connectivity index (χ4n) is 1.05. The van der Waals surface area contributed by atoms with Gasteiger partial charge in [-0.15, -0.1) is 0 Å². The minimum Gasteiger partial charge on any atom is -0.273 e. The van der Waals surface area contributed by atoms with Crippen LogP contribution in [0, 0.1) is 0 Å². The van der Waals surface area contributed by atoms with E-state index < -0.39 is 15.5 Å². The van der Waals surface area contributed by atoms with E-state index in [1.807, 2.05) is 0 Å². The summed E-state index contributed by atoms with van der Waals surface area (Å²) in [7, 11) is -2.87. The summed E-state index contributed by atoms with van der Waals surface area (Å²) >= 11 is 0. The van der Waals surface area contributed by atoms with Crippen LogP contribution in [0.2, 0.25) is 0 Å². The first-order chi connectivity index (χ1) is 7.11. The molecule has 15 heavy (non-hydrogen) atoms. The van der Waals surface area contributed by atoms with Crippen molar-refractivity contribution in [3.63, 3.8) is 0 Å². The monoisotopic (exact) mass is 227 g/mol. The minimum absolute atomic E-state index is 0.372. The molecule has 0 bridgehead atoms. The minimum atomic E-state index is -3.90. The molecule has 1 unspecified atom stereocenters. The fraction of sp³-hybridized carbons (Fsp3) is 0.250. The predicted octanol–water partition coefficient (Wildman–Crippen LogP) is 1.97. The van der Waals surface area contributed by atoms with Crippen LogP contribution in [0.3, 0.4) is 0 Å². The summed E-state index contributed by atoms with van der Waals surface area (Å²) in [4.78, 5) is 2.49. The molecule has 0 aliphatic heterocycles. The highest BCUT2D eigenvalue weighted by Gasteiger charge is 2.25. The first kappa shape index (κ1) is 11.5. The van der Waals surface area contributed by atoms with Crippen molar-refractivity contribution in [2.75, 3.05) is 7.11 Å². The molecule has 1 aromatic carbocycles. The molecule has 1 atom stereocenters. The lowest BCUT2D eigenvalue weighted by atomic mass is 10.2. The van der Waals surface area contributed by atoms with Gasteiger partial charge in [0.1, 0.15) is 0 Å². The average Bonchev–Trinajstić information content (AvgIpc) is 2.27. The molecule has 0 aliphatic rings. The zero-order valence-corrected chi connectivity index (χ0v) is 8.76. The number of azide groups is 1. The maximum atomic E-state index is 11.4. The van der Waals surface area contributed by atoms with Gasteiger partial charge >= 0.3 is 0 Å². The highest BCUT2D eigenvalue weighted by molar-refractivity contribution is 7.86. The molecule has 0 saturated heterocycles. The van der Waals surface area contributed by atoms with E-state index in [0.717, 1.165) is 7.11 Å². The lowest BCUT2D eigenvalue weighted by molar-refractivity contribution is 0.388. The summed E-state index contributed by atoms with van der Waals surface area (Å²) in [5.41, 5.74) is 8.67. The largest absolute Gasteiger partial charge is 0.280 e. The van der Waals surface area contributed by atoms with E-state index in [1.54, 1.807) is 30.3 Å². The van der Waals surface area contributed by atoms with Crippen LogP contribution in [0.25, 0.3) is 10.4 Å². The fourth-order valence-corrected chi connectivity index (χ4v) is 1.88. The van der Waals surface area contributed by atoms with Crippen LogP contribution in [-0.2, 0) is 14.3 Å². The number of benzene rings is 1. The van der Waals surface area contributed by atoms with Crippen molar-refractivity contribution in [2.45, 2.75) is 5.37 Å². The first-order valence-electron chi connectivity index (χ1n) is 4.00. The molecular weight excluding hydrogens is 218 g/mol. The van der Waals surface area contributed by atoms with Gasteiger partial charge in [0.25, 0.3) is 10.1 Å². The Morgan fingerprint density at radius 3 is 2.47 bits per heavy atom. The van der Waals surface area contributed by atoms with Crippen molar-refractivity contribution >= 4 is 10.1 Å². The summed E-state index contributed by atoms with van der Waals surface area (Å²) in [6.45, 7) is 0. The van der Waals surface area contributed by atoms with Gasteiger partial charge in [0.2, 0.25) is 0 Å². The third kappa shape index (κ3) is 2.69. The number of nitrogens with zero attached hydrogens (tertiary/aromatic N) is 3. The number of hydrogen-bond donors (Lipinski definition) is 0. The number of rotatable bonds is 4. The van der Waals surface area contributed by atoms with Crippen LogP contribution in [0.1, 0.15) is 10.9 Å². The molecule has 0 saturated carbocycles. The Morgan fingerprint density at radius 1 is 1.40 bits per heavy atom. The topological polar surface area (TPSA) is 92.1 Å². The molecule has 0 fully saturated rings. The Hall–Kier alpha value is -1.56. The van der Waals surface area contributed by atoms with Crippen molar-refractivity contribution in [2.24, 2.45) is 5.11 Å². The normalized spacial score (nSPS) is 12.9. The van der Waals surface area contributed by atoms with Crippen LogP contribution in [0.4, 0.5) is 0 Å². The Kier molecular flexibility index (Phi) is 3.68. The molecule has 0 N–H and O–H groups in total. The third-order valence-corrected chi connectivity index (χ3v) is 3.12. The van der Waals surface area contributed by atoms with E-state index in [2.05, 4.69) is 14.2 Å². The summed E-state index contributed by atoms with van der Waals surface area (Å²) < 4.78 is 27.1. The van der Waals surface area contributed by atoms with Crippen LogP contribution < -0.4 is 0 Å². The van der Waals surface area contributed by atoms with E-state index >= 15 is 0 Å². The molecule has 0 radical (unpaired) electrons. The third-order valence-electron chi connectivity index (χ3n) is 1.75. The zero-order valence-electron chi connectivity index (χ0n) is 7.94. The molecule has 0 spiro atoms. The molecular formula is C8H9N3O3S. The Labute approximate surface area is 87.2 Å². The van der Waals surface area contributed by atoms with E-state index in [9.17, 15) is 8.42 Å². The summed E-state index contributed by atoms with van der Waals surface area (Å²) in [5.74, 6) is 0. The quantitative estimate of drug-likeness (QED) is 0.340. The molecule has 0 aromatic heterocycles. The van der Waals surface area contributed by atoms with Gasteiger partial charge in [-0.1, -0.05) is 35.4 Å². The summed E-state index contributed by atoms with van der Waals surface area (Å²) in [5, 5.41) is 1.87. The SMILES string of the molecule is COS(=O)(=O)C(N=[N+]=[N-])c1ccccc1. The van der Waals surface area contributed by atoms with Crippen LogP contribution in [0.15, 0.2) is 35.4 Å². The Morgan fingerprint density at radius 2 is 2.00 bits per heavy atom. The molecule has 7 heteroatoms. The van der Waals surface area contributed by atoms with E-state index in [1.165, 1.54) is 0 Å². The van der Waals surface area contributed by atoms with Crippen molar-refractivity contribution < 1.29 is 12.6 Å². The van der Waals surface area contributed by atoms with Gasteiger partial charge in [0, 0.05) is 4.91 Å². The molecule has 1 rings (SSSR count). The second kappa shape index (κ2) is 4.79. The van der Waals surface area contributed by atoms with Crippen molar-refractivity contribution in [1.82, 2.24) is 0 Å². The molecule has 1 aromatic rings. The Balaban J connectivity index is 3.22. The van der Waals surface area contributed by atoms with Gasteiger partial charge in [-0.2, -0.15) is 8.42 Å². The lowest BCUT2D eigenvalue weighted by Crippen LogP contribution is -2.12. The second-order valence-corrected chi connectivity index (χ2v) is 4.39. The van der Waals surface area contributed by atoms with Crippen molar-refractivity contribution in [1.29, 1.82) is 0 Å². The van der Waals surface area contributed by atoms with Crippen LogP contribution >= 0.6 is 0 Å². The van der Waals surface area contributed by atoms with Crippen molar-refractivity contribution in [3.8, 4) is 0 Å². The predicted molar refractivity (Wildman–Crippen MR) is 54.3 cm³/mol. The van der Waals surface area contributed by atoms with Crippen molar-refractivity contribution in [3.05, 3.63) is 46.3 Å². The molecule has 80 valence electrons. The smallest absolute Gasteiger partial charge is 0.273 e. The van der Waals surface area contributed by atoms with E-state index in [-0.39, 0.29) is 0 Å². The maximum absolute atomic E-state index is 11.4. The lowest BCUT2D eigenvalue weighted by Gasteiger charge is -2.10. The van der Waals surface area contributed by atoms with Crippen LogP contribution in [-0.4, -0.2) is 15.5 Å². The van der Waals surface area contributed by atoms with E-state index in [4.69, 9.17) is 5.53 Å². The van der Waals surface area contributed by atoms with Crippen LogP contribution in [0.5, 0.6) is 0 Å². The number of hydrogen-bond acceptors (Lipinski definition) is 4. The van der Waals surface area contributed by atoms with E-state index in [0.29, 0.717) is 5.56 Å². The maximum Gasteiger partial charge on any atom is 0.280 e. The van der Waals surface area contributed by atoms with Gasteiger partial charge in [-0.25, -0.2) is 0 Å². The first-order valence-corrected chi connectivity index (χ1v) is 5.47. The highest BCUT2D eigenvalue weighted by Crippen LogP contribution is 2.24. The van der Waals surface area contributed by atoms with Gasteiger partial charge in [0.15, 0.2) is 5.37 Å². The summed E-state index contributed by atoms with van der Waals surface area (Å²) in [6.07, 6.45) is 0. The standard InChI is InChI=1S/C8H9N3O3S/c1-14-15(12,13)8(10-11-9)7-5-3-2-4-6-7/h2-6,8H,1H3. The summed E-state index contributed by atoms with van der Waals surface area (Å²) in [6, 6.07) is 8.14. The van der Waals surface area contributed by atoms with Gasteiger partial charge in [-0.3, -0.25) is 4.18 Å².